The second-order valence-electron chi connectivity index (χ2n) is 4.75. The number of aromatic nitrogens is 1. The minimum atomic E-state index is 0.137. The molecule has 0 saturated heterocycles. The molecule has 4 heteroatoms. The first-order chi connectivity index (χ1) is 8.78. The minimum absolute atomic E-state index is 0.137. The Morgan fingerprint density at radius 2 is 2.33 bits per heavy atom. The number of aryl methyl sites for hydroxylation is 1. The maximum Gasteiger partial charge on any atom is 0.229 e. The molecule has 1 aromatic heterocycles. The predicted octanol–water partition coefficient (Wildman–Crippen LogP) is 3.60. The Morgan fingerprint density at radius 1 is 1.50 bits per heavy atom. The number of hydrogen-bond acceptors (Lipinski definition) is 3. The summed E-state index contributed by atoms with van der Waals surface area (Å²) in [4.78, 5) is 16.4. The highest BCUT2D eigenvalue weighted by molar-refractivity contribution is 7.22. The summed E-state index contributed by atoms with van der Waals surface area (Å²) >= 11 is 1.56. The number of para-hydroxylation sites is 1. The maximum absolute atomic E-state index is 11.9. The van der Waals surface area contributed by atoms with Gasteiger partial charge in [0.2, 0.25) is 5.91 Å². The van der Waals surface area contributed by atoms with E-state index in [4.69, 9.17) is 0 Å². The average molecular weight is 260 g/mol. The van der Waals surface area contributed by atoms with Crippen LogP contribution in [0.1, 0.15) is 31.7 Å². The molecule has 0 spiro atoms. The van der Waals surface area contributed by atoms with Crippen LogP contribution in [0.3, 0.4) is 0 Å². The van der Waals surface area contributed by atoms with Gasteiger partial charge in [0, 0.05) is 5.92 Å². The van der Waals surface area contributed by atoms with Gasteiger partial charge in [-0.05, 0) is 30.9 Å². The predicted molar refractivity (Wildman–Crippen MR) is 75.0 cm³/mol. The van der Waals surface area contributed by atoms with Crippen LogP contribution >= 0.6 is 11.3 Å². The number of fused-ring (bicyclic) bond motifs is 1. The van der Waals surface area contributed by atoms with Crippen LogP contribution in [0.2, 0.25) is 0 Å². The standard InChI is InChI=1S/C14H16N2OS/c1-2-9-5-4-8-11-12(9)15-14(18-11)16-13(17)10-6-3-7-10/h4-5,8,10H,2-3,6-7H2,1H3,(H,15,16,17). The number of nitrogens with one attached hydrogen (secondary N) is 1. The number of amides is 1. The Balaban J connectivity index is 1.86. The van der Waals surface area contributed by atoms with Gasteiger partial charge in [0.25, 0.3) is 0 Å². The number of rotatable bonds is 3. The van der Waals surface area contributed by atoms with Crippen LogP contribution in [0.15, 0.2) is 18.2 Å². The molecule has 2 aromatic rings. The number of hydrogen-bond donors (Lipinski definition) is 1. The van der Waals surface area contributed by atoms with Gasteiger partial charge in [-0.2, -0.15) is 0 Å². The molecule has 1 aliphatic carbocycles. The molecule has 0 bridgehead atoms. The molecule has 1 fully saturated rings. The Kier molecular flexibility index (Phi) is 3.04. The molecule has 0 unspecified atom stereocenters. The van der Waals surface area contributed by atoms with Gasteiger partial charge in [0.15, 0.2) is 5.13 Å². The minimum Gasteiger partial charge on any atom is -0.302 e. The first-order valence-corrected chi connectivity index (χ1v) is 7.29. The van der Waals surface area contributed by atoms with E-state index >= 15 is 0 Å². The van der Waals surface area contributed by atoms with E-state index in [1.165, 1.54) is 12.0 Å². The van der Waals surface area contributed by atoms with Crippen molar-refractivity contribution in [3.8, 4) is 0 Å². The van der Waals surface area contributed by atoms with Gasteiger partial charge in [-0.1, -0.05) is 36.8 Å². The molecule has 18 heavy (non-hydrogen) atoms. The van der Waals surface area contributed by atoms with E-state index in [1.54, 1.807) is 11.3 Å². The van der Waals surface area contributed by atoms with Crippen molar-refractivity contribution in [2.24, 2.45) is 5.92 Å². The summed E-state index contributed by atoms with van der Waals surface area (Å²) in [5, 5.41) is 3.69. The quantitative estimate of drug-likeness (QED) is 0.916. The third-order valence-corrected chi connectivity index (χ3v) is 4.53. The fourth-order valence-electron chi connectivity index (χ4n) is 2.22. The molecular formula is C14H16N2OS. The van der Waals surface area contributed by atoms with Crippen LogP contribution in [0.25, 0.3) is 10.2 Å². The summed E-state index contributed by atoms with van der Waals surface area (Å²) in [7, 11) is 0. The van der Waals surface area contributed by atoms with Crippen molar-refractivity contribution in [1.82, 2.24) is 4.98 Å². The zero-order valence-electron chi connectivity index (χ0n) is 10.4. The molecule has 0 radical (unpaired) electrons. The van der Waals surface area contributed by atoms with Crippen molar-refractivity contribution in [2.45, 2.75) is 32.6 Å². The SMILES string of the molecule is CCc1cccc2sc(NC(=O)C3CCC3)nc12. The topological polar surface area (TPSA) is 42.0 Å². The molecule has 1 aromatic carbocycles. The summed E-state index contributed by atoms with van der Waals surface area (Å²) in [6.07, 6.45) is 4.20. The summed E-state index contributed by atoms with van der Waals surface area (Å²) in [6, 6.07) is 6.21. The maximum atomic E-state index is 11.9. The van der Waals surface area contributed by atoms with Gasteiger partial charge < -0.3 is 5.32 Å². The number of thiazole rings is 1. The number of carbonyl (C=O) groups is 1. The fourth-order valence-corrected chi connectivity index (χ4v) is 3.14. The molecule has 3 nitrogen and oxygen atoms in total. The van der Waals surface area contributed by atoms with E-state index in [0.717, 1.165) is 34.6 Å². The lowest BCUT2D eigenvalue weighted by Gasteiger charge is -2.23. The third kappa shape index (κ3) is 2.01. The van der Waals surface area contributed by atoms with E-state index < -0.39 is 0 Å². The molecule has 1 saturated carbocycles. The van der Waals surface area contributed by atoms with Crippen LogP contribution in [-0.4, -0.2) is 10.9 Å². The van der Waals surface area contributed by atoms with E-state index in [1.807, 2.05) is 0 Å². The Morgan fingerprint density at radius 3 is 3.00 bits per heavy atom. The van der Waals surface area contributed by atoms with Crippen molar-refractivity contribution in [1.29, 1.82) is 0 Å². The monoisotopic (exact) mass is 260 g/mol. The number of anilines is 1. The summed E-state index contributed by atoms with van der Waals surface area (Å²) < 4.78 is 1.15. The Hall–Kier alpha value is -1.42. The fraction of sp³-hybridized carbons (Fsp3) is 0.429. The summed E-state index contributed by atoms with van der Waals surface area (Å²) in [5.41, 5.74) is 2.28. The number of nitrogens with zero attached hydrogens (tertiary/aromatic N) is 1. The highest BCUT2D eigenvalue weighted by atomic mass is 32.1. The lowest BCUT2D eigenvalue weighted by Crippen LogP contribution is -2.27. The van der Waals surface area contributed by atoms with Gasteiger partial charge in [-0.25, -0.2) is 4.98 Å². The third-order valence-electron chi connectivity index (χ3n) is 3.59. The van der Waals surface area contributed by atoms with E-state index in [-0.39, 0.29) is 11.8 Å². The molecule has 0 atom stereocenters. The van der Waals surface area contributed by atoms with Crippen LogP contribution in [0.5, 0.6) is 0 Å². The van der Waals surface area contributed by atoms with Gasteiger partial charge >= 0.3 is 0 Å². The zero-order valence-corrected chi connectivity index (χ0v) is 11.2. The van der Waals surface area contributed by atoms with Gasteiger partial charge in [0.05, 0.1) is 10.2 Å². The average Bonchev–Trinajstić information content (AvgIpc) is 2.68. The van der Waals surface area contributed by atoms with Crippen LogP contribution in [0.4, 0.5) is 5.13 Å². The number of benzene rings is 1. The van der Waals surface area contributed by atoms with Crippen molar-refractivity contribution >= 4 is 32.6 Å². The first kappa shape index (κ1) is 11.7. The second-order valence-corrected chi connectivity index (χ2v) is 5.78. The van der Waals surface area contributed by atoms with Gasteiger partial charge in [0.1, 0.15) is 0 Å². The van der Waals surface area contributed by atoms with Crippen molar-refractivity contribution in [3.63, 3.8) is 0 Å². The molecule has 1 amide bonds. The smallest absolute Gasteiger partial charge is 0.229 e. The highest BCUT2D eigenvalue weighted by Gasteiger charge is 2.25. The highest BCUT2D eigenvalue weighted by Crippen LogP contribution is 2.31. The van der Waals surface area contributed by atoms with Crippen molar-refractivity contribution in [3.05, 3.63) is 23.8 Å². The summed E-state index contributed by atoms with van der Waals surface area (Å²) in [6.45, 7) is 2.13. The molecule has 3 rings (SSSR count). The van der Waals surface area contributed by atoms with Crippen LogP contribution < -0.4 is 5.32 Å². The lowest BCUT2D eigenvalue weighted by atomic mass is 9.85. The largest absolute Gasteiger partial charge is 0.302 e. The Labute approximate surface area is 110 Å². The van der Waals surface area contributed by atoms with Crippen LogP contribution in [-0.2, 0) is 11.2 Å². The van der Waals surface area contributed by atoms with E-state index in [9.17, 15) is 4.79 Å². The molecule has 1 N–H and O–H groups in total. The normalized spacial score (nSPS) is 15.6. The van der Waals surface area contributed by atoms with Crippen molar-refractivity contribution in [2.75, 3.05) is 5.32 Å². The van der Waals surface area contributed by atoms with Gasteiger partial charge in [-0.15, -0.1) is 0 Å². The zero-order chi connectivity index (χ0) is 12.5. The second kappa shape index (κ2) is 4.69. The Bertz CT molecular complexity index is 586. The molecule has 1 heterocycles. The molecule has 94 valence electrons. The van der Waals surface area contributed by atoms with E-state index in [0.29, 0.717) is 0 Å². The first-order valence-electron chi connectivity index (χ1n) is 6.47. The van der Waals surface area contributed by atoms with Crippen molar-refractivity contribution < 1.29 is 4.79 Å². The molecular weight excluding hydrogens is 244 g/mol. The lowest BCUT2D eigenvalue weighted by molar-refractivity contribution is -0.122. The summed E-state index contributed by atoms with van der Waals surface area (Å²) in [5.74, 6) is 0.348. The molecule has 1 aliphatic rings. The number of carbonyl (C=O) groups excluding carboxylic acids is 1. The van der Waals surface area contributed by atoms with Gasteiger partial charge in [-0.3, -0.25) is 4.79 Å². The molecule has 0 aliphatic heterocycles. The van der Waals surface area contributed by atoms with E-state index in [2.05, 4.69) is 35.4 Å². The van der Waals surface area contributed by atoms with Crippen LogP contribution in [0, 0.1) is 5.92 Å².